The number of benzene rings is 2. The van der Waals surface area contributed by atoms with Gasteiger partial charge in [-0.1, -0.05) is 24.8 Å². The van der Waals surface area contributed by atoms with Gasteiger partial charge in [0.15, 0.2) is 0 Å². The molecule has 0 radical (unpaired) electrons. The van der Waals surface area contributed by atoms with Crippen molar-refractivity contribution < 1.29 is 0 Å². The van der Waals surface area contributed by atoms with Gasteiger partial charge in [0, 0.05) is 30.6 Å². The lowest BCUT2D eigenvalue weighted by atomic mass is 9.95. The number of nitriles is 1. The fraction of sp³-hybridized carbons (Fsp3) is 0.273. The highest BCUT2D eigenvalue weighted by Crippen LogP contribution is 2.30. The molecule has 0 unspecified atom stereocenters. The van der Waals surface area contributed by atoms with Gasteiger partial charge in [0.2, 0.25) is 0 Å². The van der Waals surface area contributed by atoms with Crippen molar-refractivity contribution in [3.05, 3.63) is 59.7 Å². The lowest BCUT2D eigenvalue weighted by Crippen LogP contribution is -2.35. The van der Waals surface area contributed by atoms with Crippen molar-refractivity contribution >= 4 is 18.0 Å². The molecular formula is C22H24N4. The molecule has 0 spiro atoms. The minimum Gasteiger partial charge on any atom is -0.382 e. The third kappa shape index (κ3) is 4.01. The Morgan fingerprint density at radius 3 is 2.73 bits per heavy atom. The first-order valence-electron chi connectivity index (χ1n) is 8.95. The Labute approximate surface area is 155 Å². The van der Waals surface area contributed by atoms with Crippen molar-refractivity contribution in [1.29, 1.82) is 5.26 Å². The Morgan fingerprint density at radius 1 is 1.23 bits per heavy atom. The van der Waals surface area contributed by atoms with Gasteiger partial charge in [0.1, 0.15) is 0 Å². The zero-order chi connectivity index (χ0) is 18.4. The molecule has 1 fully saturated rings. The van der Waals surface area contributed by atoms with E-state index in [0.29, 0.717) is 11.6 Å². The molecule has 1 aliphatic rings. The van der Waals surface area contributed by atoms with Crippen molar-refractivity contribution in [2.75, 3.05) is 25.5 Å². The lowest BCUT2D eigenvalue weighted by Gasteiger charge is -2.26. The number of nitrogens with one attached hydrogen (secondary N) is 2. The number of hydrogen-bond donors (Lipinski definition) is 2. The molecular weight excluding hydrogens is 320 g/mol. The van der Waals surface area contributed by atoms with Crippen molar-refractivity contribution in [2.45, 2.75) is 18.9 Å². The Balaban J connectivity index is 2.06. The van der Waals surface area contributed by atoms with E-state index in [9.17, 15) is 5.26 Å². The van der Waals surface area contributed by atoms with Crippen molar-refractivity contribution in [1.82, 2.24) is 5.32 Å². The van der Waals surface area contributed by atoms with Crippen LogP contribution in [-0.2, 0) is 0 Å². The largest absolute Gasteiger partial charge is 0.382 e. The van der Waals surface area contributed by atoms with Crippen LogP contribution in [0.25, 0.3) is 17.2 Å². The van der Waals surface area contributed by atoms with Crippen molar-refractivity contribution in [3.63, 3.8) is 0 Å². The summed E-state index contributed by atoms with van der Waals surface area (Å²) in [5.41, 5.74) is 5.92. The van der Waals surface area contributed by atoms with Gasteiger partial charge < -0.3 is 10.6 Å². The lowest BCUT2D eigenvalue weighted by molar-refractivity contribution is 0.479. The van der Waals surface area contributed by atoms with E-state index >= 15 is 0 Å². The highest BCUT2D eigenvalue weighted by atomic mass is 15.0. The predicted octanol–water partition coefficient (Wildman–Crippen LogP) is 4.08. The summed E-state index contributed by atoms with van der Waals surface area (Å²) in [5, 5.41) is 16.3. The minimum atomic E-state index is 0.443. The van der Waals surface area contributed by atoms with E-state index in [2.05, 4.69) is 40.4 Å². The van der Waals surface area contributed by atoms with Crippen LogP contribution >= 0.6 is 0 Å². The molecule has 1 heterocycles. The summed E-state index contributed by atoms with van der Waals surface area (Å²) in [5.74, 6) is 0. The van der Waals surface area contributed by atoms with E-state index < -0.39 is 0 Å². The molecule has 2 aromatic rings. The zero-order valence-corrected chi connectivity index (χ0v) is 15.1. The molecule has 0 bridgehead atoms. The van der Waals surface area contributed by atoms with E-state index in [1.54, 1.807) is 7.05 Å². The monoisotopic (exact) mass is 344 g/mol. The maximum Gasteiger partial charge on any atom is 0.0991 e. The third-order valence-electron chi connectivity index (χ3n) is 4.71. The Morgan fingerprint density at radius 2 is 2.04 bits per heavy atom. The number of piperidine rings is 1. The molecule has 4 nitrogen and oxygen atoms in total. The van der Waals surface area contributed by atoms with E-state index in [1.807, 2.05) is 36.6 Å². The van der Waals surface area contributed by atoms with E-state index in [-0.39, 0.29) is 0 Å². The van der Waals surface area contributed by atoms with Gasteiger partial charge in [-0.15, -0.1) is 0 Å². The van der Waals surface area contributed by atoms with Crippen molar-refractivity contribution in [3.8, 4) is 17.2 Å². The molecule has 0 amide bonds. The van der Waals surface area contributed by atoms with Crippen LogP contribution in [0, 0.1) is 11.3 Å². The summed E-state index contributed by atoms with van der Waals surface area (Å²) in [4.78, 5) is 4.23. The molecule has 132 valence electrons. The topological polar surface area (TPSA) is 60.2 Å². The summed E-state index contributed by atoms with van der Waals surface area (Å²) in [7, 11) is 1.78. The number of nitrogens with zero attached hydrogens (tertiary/aromatic N) is 2. The van der Waals surface area contributed by atoms with Crippen LogP contribution in [0.15, 0.2) is 48.0 Å². The van der Waals surface area contributed by atoms with Crippen LogP contribution in [0.4, 0.5) is 5.69 Å². The number of hydrogen-bond acceptors (Lipinski definition) is 4. The second kappa shape index (κ2) is 8.46. The quantitative estimate of drug-likeness (QED) is 0.804. The summed E-state index contributed by atoms with van der Waals surface area (Å²) in [6, 6.07) is 14.6. The van der Waals surface area contributed by atoms with Gasteiger partial charge in [0.05, 0.1) is 11.6 Å². The Hall–Kier alpha value is -2.90. The summed E-state index contributed by atoms with van der Waals surface area (Å²) in [6.45, 7) is 6.05. The molecule has 0 atom stereocenters. The highest BCUT2D eigenvalue weighted by molar-refractivity contribution is 5.95. The average molecular weight is 344 g/mol. The third-order valence-corrected chi connectivity index (χ3v) is 4.71. The standard InChI is InChI=1S/C22H24N4/c1-3-17-12-19(18-6-4-5-16(11-18)14-23)13-22(21(17)15-24-2)26-20-7-9-25-10-8-20/h3-6,11-13,15,20,25-26H,1,7-10H2,2H3. The fourth-order valence-corrected chi connectivity index (χ4v) is 3.36. The van der Waals surface area contributed by atoms with Gasteiger partial charge >= 0.3 is 0 Å². The summed E-state index contributed by atoms with van der Waals surface area (Å²) < 4.78 is 0. The fourth-order valence-electron chi connectivity index (χ4n) is 3.36. The first kappa shape index (κ1) is 17.9. The smallest absolute Gasteiger partial charge is 0.0991 e. The second-order valence-corrected chi connectivity index (χ2v) is 6.48. The molecule has 2 aromatic carbocycles. The molecule has 0 aromatic heterocycles. The number of rotatable bonds is 5. The average Bonchev–Trinajstić information content (AvgIpc) is 2.70. The normalized spacial score (nSPS) is 14.9. The van der Waals surface area contributed by atoms with Crippen molar-refractivity contribution in [2.24, 2.45) is 4.99 Å². The van der Waals surface area contributed by atoms with Crippen LogP contribution in [-0.4, -0.2) is 32.4 Å². The molecule has 2 N–H and O–H groups in total. The maximum absolute atomic E-state index is 9.19. The molecule has 0 aliphatic carbocycles. The van der Waals surface area contributed by atoms with E-state index in [4.69, 9.17) is 0 Å². The van der Waals surface area contributed by atoms with E-state index in [1.165, 1.54) is 0 Å². The van der Waals surface area contributed by atoms with Crippen LogP contribution in [0.3, 0.4) is 0 Å². The van der Waals surface area contributed by atoms with Crippen LogP contribution < -0.4 is 10.6 Å². The molecule has 3 rings (SSSR count). The van der Waals surface area contributed by atoms with Crippen LogP contribution in [0.2, 0.25) is 0 Å². The molecule has 1 saturated heterocycles. The molecule has 0 saturated carbocycles. The first-order valence-corrected chi connectivity index (χ1v) is 8.95. The van der Waals surface area contributed by atoms with Crippen LogP contribution in [0.5, 0.6) is 0 Å². The van der Waals surface area contributed by atoms with Gasteiger partial charge in [-0.2, -0.15) is 5.26 Å². The summed E-state index contributed by atoms with van der Waals surface area (Å²) in [6.07, 6.45) is 5.94. The maximum atomic E-state index is 9.19. The molecule has 4 heteroatoms. The zero-order valence-electron chi connectivity index (χ0n) is 15.1. The predicted molar refractivity (Wildman–Crippen MR) is 110 cm³/mol. The van der Waals surface area contributed by atoms with Gasteiger partial charge in [-0.3, -0.25) is 4.99 Å². The minimum absolute atomic E-state index is 0.443. The SMILES string of the molecule is C=Cc1cc(-c2cccc(C#N)c2)cc(NC2CCNCC2)c1C=NC. The first-order chi connectivity index (χ1) is 12.7. The van der Waals surface area contributed by atoms with Crippen LogP contribution in [0.1, 0.15) is 29.5 Å². The Bertz CT molecular complexity index is 855. The molecule has 1 aliphatic heterocycles. The van der Waals surface area contributed by atoms with Gasteiger partial charge in [-0.25, -0.2) is 0 Å². The van der Waals surface area contributed by atoms with Gasteiger partial charge in [-0.05, 0) is 66.9 Å². The van der Waals surface area contributed by atoms with Gasteiger partial charge in [0.25, 0.3) is 0 Å². The summed E-state index contributed by atoms with van der Waals surface area (Å²) >= 11 is 0. The second-order valence-electron chi connectivity index (χ2n) is 6.48. The van der Waals surface area contributed by atoms with E-state index in [0.717, 1.165) is 53.9 Å². The number of aliphatic imine (C=N–C) groups is 1. The number of anilines is 1. The highest BCUT2D eigenvalue weighted by Gasteiger charge is 2.16. The Kier molecular flexibility index (Phi) is 5.83. The molecule has 26 heavy (non-hydrogen) atoms.